The van der Waals surface area contributed by atoms with Gasteiger partial charge in [0.15, 0.2) is 5.82 Å². The maximum atomic E-state index is 12.9. The van der Waals surface area contributed by atoms with Crippen LogP contribution in [-0.2, 0) is 28.9 Å². The number of carbonyl (C=O) groups excluding carboxylic acids is 2. The maximum Gasteiger partial charge on any atom is 0.227 e. The molecule has 0 N–H and O–H groups in total. The van der Waals surface area contributed by atoms with Crippen LogP contribution < -0.4 is 0 Å². The van der Waals surface area contributed by atoms with E-state index >= 15 is 0 Å². The van der Waals surface area contributed by atoms with E-state index in [-0.39, 0.29) is 24.3 Å². The van der Waals surface area contributed by atoms with E-state index in [1.165, 1.54) is 0 Å². The van der Waals surface area contributed by atoms with Crippen LogP contribution in [0, 0.1) is 5.92 Å². The number of nitrogens with zero attached hydrogens (tertiary/aromatic N) is 4. The lowest BCUT2D eigenvalue weighted by Gasteiger charge is -2.39. The molecule has 1 aromatic heterocycles. The van der Waals surface area contributed by atoms with E-state index < -0.39 is 0 Å². The van der Waals surface area contributed by atoms with Gasteiger partial charge in [0.1, 0.15) is 0 Å². The highest BCUT2D eigenvalue weighted by atomic mass is 35.5. The van der Waals surface area contributed by atoms with Gasteiger partial charge in [-0.15, -0.1) is 0 Å². The third-order valence-electron chi connectivity index (χ3n) is 5.56. The van der Waals surface area contributed by atoms with Crippen LogP contribution in [0.5, 0.6) is 0 Å². The van der Waals surface area contributed by atoms with Gasteiger partial charge in [-0.05, 0) is 30.4 Å². The molecule has 168 valence electrons. The molecule has 1 unspecified atom stereocenters. The molecule has 1 aromatic carbocycles. The lowest BCUT2D eigenvalue weighted by molar-refractivity contribution is -0.138. The van der Waals surface area contributed by atoms with Crippen molar-refractivity contribution in [1.29, 1.82) is 0 Å². The van der Waals surface area contributed by atoms with Crippen LogP contribution in [0.15, 0.2) is 28.8 Å². The van der Waals surface area contributed by atoms with Gasteiger partial charge < -0.3 is 14.3 Å². The fourth-order valence-corrected chi connectivity index (χ4v) is 4.20. The number of carbonyl (C=O) groups is 2. The van der Waals surface area contributed by atoms with Gasteiger partial charge in [0.25, 0.3) is 0 Å². The minimum atomic E-state index is -0.0107. The molecule has 1 aliphatic rings. The molecule has 1 atom stereocenters. The molecular weight excluding hydrogens is 416 g/mol. The number of hydrogen-bond donors (Lipinski definition) is 0. The topological polar surface area (TPSA) is 79.5 Å². The van der Waals surface area contributed by atoms with Gasteiger partial charge in [0.2, 0.25) is 17.7 Å². The van der Waals surface area contributed by atoms with Crippen molar-refractivity contribution in [2.45, 2.75) is 58.9 Å². The second-order valence-corrected chi connectivity index (χ2v) is 8.98. The molecule has 0 radical (unpaired) electrons. The Balaban J connectivity index is 1.59. The fourth-order valence-electron chi connectivity index (χ4n) is 3.99. The minimum Gasteiger partial charge on any atom is -0.340 e. The van der Waals surface area contributed by atoms with Crippen molar-refractivity contribution in [1.82, 2.24) is 19.9 Å². The molecule has 7 nitrogen and oxygen atoms in total. The van der Waals surface area contributed by atoms with Crippen molar-refractivity contribution in [3.63, 3.8) is 0 Å². The SMILES string of the molecule is CC(=O)N(CCc1noc(CC(C)C)n1)C1CCCN(C(=O)Cc2ccccc2Cl)C1. The number of piperidine rings is 1. The van der Waals surface area contributed by atoms with Crippen molar-refractivity contribution in [2.75, 3.05) is 19.6 Å². The van der Waals surface area contributed by atoms with Crippen LogP contribution in [0.4, 0.5) is 0 Å². The zero-order chi connectivity index (χ0) is 22.4. The summed E-state index contributed by atoms with van der Waals surface area (Å²) >= 11 is 6.21. The van der Waals surface area contributed by atoms with E-state index in [0.29, 0.717) is 48.7 Å². The molecule has 31 heavy (non-hydrogen) atoms. The first-order valence-electron chi connectivity index (χ1n) is 10.9. The molecular formula is C23H31ClN4O3. The Bertz CT molecular complexity index is 898. The molecule has 0 bridgehead atoms. The molecule has 1 fully saturated rings. The predicted molar refractivity (Wildman–Crippen MR) is 119 cm³/mol. The van der Waals surface area contributed by atoms with Gasteiger partial charge in [0, 0.05) is 50.5 Å². The summed E-state index contributed by atoms with van der Waals surface area (Å²) in [5.41, 5.74) is 0.828. The fraction of sp³-hybridized carbons (Fsp3) is 0.565. The lowest BCUT2D eigenvalue weighted by Crippen LogP contribution is -2.52. The van der Waals surface area contributed by atoms with Crippen LogP contribution >= 0.6 is 11.6 Å². The van der Waals surface area contributed by atoms with Gasteiger partial charge in [-0.3, -0.25) is 9.59 Å². The summed E-state index contributed by atoms with van der Waals surface area (Å²) in [5, 5.41) is 4.65. The molecule has 2 aromatic rings. The standard InChI is InChI=1S/C23H31ClN4O3/c1-16(2)13-22-25-21(26-31-22)10-12-28(17(3)29)19-8-6-11-27(15-19)23(30)14-18-7-4-5-9-20(18)24/h4-5,7,9,16,19H,6,8,10-15H2,1-3H3. The summed E-state index contributed by atoms with van der Waals surface area (Å²) in [6.45, 7) is 7.52. The second kappa shape index (κ2) is 10.8. The molecule has 0 aliphatic carbocycles. The van der Waals surface area contributed by atoms with E-state index in [0.717, 1.165) is 24.8 Å². The zero-order valence-corrected chi connectivity index (χ0v) is 19.3. The Morgan fingerprint density at radius 1 is 1.32 bits per heavy atom. The van der Waals surface area contributed by atoms with Gasteiger partial charge in [-0.2, -0.15) is 4.98 Å². The van der Waals surface area contributed by atoms with Gasteiger partial charge in [0.05, 0.1) is 6.42 Å². The summed E-state index contributed by atoms with van der Waals surface area (Å²) in [6.07, 6.45) is 3.29. The molecule has 0 saturated carbocycles. The Kier molecular flexibility index (Phi) is 8.07. The number of benzene rings is 1. The van der Waals surface area contributed by atoms with Crippen molar-refractivity contribution in [3.05, 3.63) is 46.6 Å². The Labute approximate surface area is 188 Å². The monoisotopic (exact) mass is 446 g/mol. The van der Waals surface area contributed by atoms with Crippen LogP contribution in [0.25, 0.3) is 0 Å². The second-order valence-electron chi connectivity index (χ2n) is 8.57. The zero-order valence-electron chi connectivity index (χ0n) is 18.5. The summed E-state index contributed by atoms with van der Waals surface area (Å²) in [5.74, 6) is 1.73. The highest BCUT2D eigenvalue weighted by molar-refractivity contribution is 6.31. The number of aromatic nitrogens is 2. The predicted octanol–water partition coefficient (Wildman–Crippen LogP) is 3.55. The number of halogens is 1. The van der Waals surface area contributed by atoms with Crippen molar-refractivity contribution in [2.24, 2.45) is 5.92 Å². The summed E-state index contributed by atoms with van der Waals surface area (Å²) < 4.78 is 5.30. The van der Waals surface area contributed by atoms with Crippen molar-refractivity contribution >= 4 is 23.4 Å². The quantitative estimate of drug-likeness (QED) is 0.619. The summed E-state index contributed by atoms with van der Waals surface area (Å²) in [4.78, 5) is 33.4. The Hall–Kier alpha value is -2.41. The van der Waals surface area contributed by atoms with E-state index in [1.807, 2.05) is 28.0 Å². The van der Waals surface area contributed by atoms with Crippen LogP contribution in [-0.4, -0.2) is 57.4 Å². The van der Waals surface area contributed by atoms with Crippen LogP contribution in [0.3, 0.4) is 0 Å². The largest absolute Gasteiger partial charge is 0.340 e. The summed E-state index contributed by atoms with van der Waals surface area (Å²) in [7, 11) is 0. The molecule has 1 aliphatic heterocycles. The number of hydrogen-bond acceptors (Lipinski definition) is 5. The van der Waals surface area contributed by atoms with Gasteiger partial charge in [-0.1, -0.05) is 48.8 Å². The molecule has 8 heteroatoms. The van der Waals surface area contributed by atoms with Crippen molar-refractivity contribution < 1.29 is 14.1 Å². The minimum absolute atomic E-state index is 0.00342. The average molecular weight is 447 g/mol. The third kappa shape index (κ3) is 6.53. The summed E-state index contributed by atoms with van der Waals surface area (Å²) in [6, 6.07) is 7.40. The average Bonchev–Trinajstić information content (AvgIpc) is 3.16. The smallest absolute Gasteiger partial charge is 0.227 e. The van der Waals surface area contributed by atoms with E-state index in [2.05, 4.69) is 24.0 Å². The highest BCUT2D eigenvalue weighted by Gasteiger charge is 2.29. The first-order valence-corrected chi connectivity index (χ1v) is 11.3. The highest BCUT2D eigenvalue weighted by Crippen LogP contribution is 2.20. The van der Waals surface area contributed by atoms with E-state index in [4.69, 9.17) is 16.1 Å². The number of rotatable bonds is 8. The Morgan fingerprint density at radius 2 is 2.10 bits per heavy atom. The van der Waals surface area contributed by atoms with E-state index in [1.54, 1.807) is 13.0 Å². The maximum absolute atomic E-state index is 12.9. The Morgan fingerprint density at radius 3 is 2.81 bits per heavy atom. The first-order chi connectivity index (χ1) is 14.8. The normalized spacial score (nSPS) is 16.5. The number of amides is 2. The van der Waals surface area contributed by atoms with Crippen LogP contribution in [0.1, 0.15) is 50.9 Å². The molecule has 3 rings (SSSR count). The molecule has 1 saturated heterocycles. The van der Waals surface area contributed by atoms with Crippen LogP contribution in [0.2, 0.25) is 5.02 Å². The molecule has 2 heterocycles. The molecule has 0 spiro atoms. The lowest BCUT2D eigenvalue weighted by atomic mass is 10.0. The first kappa shape index (κ1) is 23.3. The van der Waals surface area contributed by atoms with Gasteiger partial charge >= 0.3 is 0 Å². The van der Waals surface area contributed by atoms with Crippen molar-refractivity contribution in [3.8, 4) is 0 Å². The third-order valence-corrected chi connectivity index (χ3v) is 5.93. The number of likely N-dealkylation sites (tertiary alicyclic amines) is 1. The van der Waals surface area contributed by atoms with E-state index in [9.17, 15) is 9.59 Å². The van der Waals surface area contributed by atoms with Gasteiger partial charge in [-0.25, -0.2) is 0 Å². The molecule has 2 amide bonds.